The maximum absolute atomic E-state index is 5.65. The molecule has 0 saturated carbocycles. The van der Waals surface area contributed by atoms with Crippen molar-refractivity contribution < 1.29 is 4.74 Å². The first-order chi connectivity index (χ1) is 6.59. The van der Waals surface area contributed by atoms with Crippen molar-refractivity contribution in [3.8, 4) is 5.75 Å². The molecular weight excluding hydrogens is 172 g/mol. The molecule has 1 heteroatoms. The molecule has 0 aromatic heterocycles. The first-order valence-electron chi connectivity index (χ1n) is 5.29. The van der Waals surface area contributed by atoms with Gasteiger partial charge in [-0.1, -0.05) is 19.9 Å². The highest BCUT2D eigenvalue weighted by Gasteiger charge is 1.98. The van der Waals surface area contributed by atoms with Crippen LogP contribution in [0.1, 0.15) is 31.4 Å². The summed E-state index contributed by atoms with van der Waals surface area (Å²) in [6.07, 6.45) is 1.12. The molecular formula is C13H20O. The van der Waals surface area contributed by atoms with Crippen molar-refractivity contribution >= 4 is 0 Å². The Morgan fingerprint density at radius 1 is 1.14 bits per heavy atom. The molecule has 0 aliphatic heterocycles. The zero-order valence-electron chi connectivity index (χ0n) is 9.63. The maximum Gasteiger partial charge on any atom is 0.119 e. The molecule has 0 unspecified atom stereocenters. The molecule has 78 valence electrons. The lowest BCUT2D eigenvalue weighted by Gasteiger charge is -2.09. The minimum Gasteiger partial charge on any atom is -0.494 e. The second-order valence-electron chi connectivity index (χ2n) is 4.28. The number of ether oxygens (including phenoxy) is 1. The van der Waals surface area contributed by atoms with Crippen molar-refractivity contribution in [1.82, 2.24) is 0 Å². The molecule has 1 aromatic rings. The van der Waals surface area contributed by atoms with Crippen molar-refractivity contribution in [1.29, 1.82) is 0 Å². The van der Waals surface area contributed by atoms with Crippen molar-refractivity contribution in [3.05, 3.63) is 29.3 Å². The van der Waals surface area contributed by atoms with Crippen LogP contribution in [0.3, 0.4) is 0 Å². The van der Waals surface area contributed by atoms with Crippen LogP contribution in [0.15, 0.2) is 18.2 Å². The van der Waals surface area contributed by atoms with Gasteiger partial charge in [-0.15, -0.1) is 0 Å². The minimum atomic E-state index is 0.710. The van der Waals surface area contributed by atoms with Crippen molar-refractivity contribution in [3.63, 3.8) is 0 Å². The largest absolute Gasteiger partial charge is 0.494 e. The predicted molar refractivity (Wildman–Crippen MR) is 60.9 cm³/mol. The van der Waals surface area contributed by atoms with Crippen LogP contribution in [-0.2, 0) is 0 Å². The summed E-state index contributed by atoms with van der Waals surface area (Å²) >= 11 is 0. The summed E-state index contributed by atoms with van der Waals surface area (Å²) in [4.78, 5) is 0. The fourth-order valence-electron chi connectivity index (χ4n) is 1.22. The molecule has 0 bridgehead atoms. The molecule has 0 fully saturated rings. The Balaban J connectivity index is 2.47. The van der Waals surface area contributed by atoms with Gasteiger partial charge in [0.25, 0.3) is 0 Å². The van der Waals surface area contributed by atoms with Crippen molar-refractivity contribution in [2.75, 3.05) is 6.61 Å². The van der Waals surface area contributed by atoms with Gasteiger partial charge in [0.2, 0.25) is 0 Å². The Morgan fingerprint density at radius 3 is 2.43 bits per heavy atom. The number of benzene rings is 1. The Labute approximate surface area is 87.1 Å². The topological polar surface area (TPSA) is 9.23 Å². The third-order valence-corrected chi connectivity index (χ3v) is 2.44. The SMILES string of the molecule is Cc1ccc(OCCC(C)C)cc1C. The van der Waals surface area contributed by atoms with Crippen molar-refractivity contribution in [2.45, 2.75) is 34.1 Å². The molecule has 0 heterocycles. The molecule has 0 aliphatic carbocycles. The second-order valence-corrected chi connectivity index (χ2v) is 4.28. The maximum atomic E-state index is 5.65. The van der Waals surface area contributed by atoms with Gasteiger partial charge in [-0.25, -0.2) is 0 Å². The fraction of sp³-hybridized carbons (Fsp3) is 0.538. The summed E-state index contributed by atoms with van der Waals surface area (Å²) in [6, 6.07) is 6.26. The summed E-state index contributed by atoms with van der Waals surface area (Å²) in [5, 5.41) is 0. The zero-order valence-corrected chi connectivity index (χ0v) is 9.63. The predicted octanol–water partition coefficient (Wildman–Crippen LogP) is 3.73. The second kappa shape index (κ2) is 5.04. The quantitative estimate of drug-likeness (QED) is 0.706. The Kier molecular flexibility index (Phi) is 3.99. The van der Waals surface area contributed by atoms with Crippen molar-refractivity contribution in [2.24, 2.45) is 5.92 Å². The summed E-state index contributed by atoms with van der Waals surface area (Å²) in [7, 11) is 0. The van der Waals surface area contributed by atoms with Crippen LogP contribution in [-0.4, -0.2) is 6.61 Å². The van der Waals surface area contributed by atoms with E-state index >= 15 is 0 Å². The number of rotatable bonds is 4. The van der Waals surface area contributed by atoms with Crippen LogP contribution >= 0.6 is 0 Å². The van der Waals surface area contributed by atoms with Gasteiger partial charge in [-0.2, -0.15) is 0 Å². The molecule has 0 amide bonds. The molecule has 1 rings (SSSR count). The standard InChI is InChI=1S/C13H20O/c1-10(2)7-8-14-13-6-5-11(3)12(4)9-13/h5-6,9-10H,7-8H2,1-4H3. The molecule has 0 atom stereocenters. The molecule has 0 radical (unpaired) electrons. The summed E-state index contributed by atoms with van der Waals surface area (Å²) in [6.45, 7) is 9.48. The van der Waals surface area contributed by atoms with Gasteiger partial charge in [0, 0.05) is 0 Å². The minimum absolute atomic E-state index is 0.710. The Bertz CT molecular complexity index is 289. The van der Waals surface area contributed by atoms with Gasteiger partial charge >= 0.3 is 0 Å². The highest BCUT2D eigenvalue weighted by Crippen LogP contribution is 2.16. The van der Waals surface area contributed by atoms with Gasteiger partial charge in [0.15, 0.2) is 0 Å². The molecule has 0 aliphatic rings. The number of hydrogen-bond acceptors (Lipinski definition) is 1. The smallest absolute Gasteiger partial charge is 0.119 e. The summed E-state index contributed by atoms with van der Waals surface area (Å²) in [5.41, 5.74) is 2.62. The number of hydrogen-bond donors (Lipinski definition) is 0. The molecule has 0 saturated heterocycles. The third kappa shape index (κ3) is 3.41. The lowest BCUT2D eigenvalue weighted by Crippen LogP contribution is -2.01. The van der Waals surface area contributed by atoms with E-state index in [1.54, 1.807) is 0 Å². The van der Waals surface area contributed by atoms with Gasteiger partial charge in [-0.3, -0.25) is 0 Å². The van der Waals surface area contributed by atoms with E-state index in [1.165, 1.54) is 11.1 Å². The number of aryl methyl sites for hydroxylation is 2. The summed E-state index contributed by atoms with van der Waals surface area (Å²) < 4.78 is 5.65. The average molecular weight is 192 g/mol. The van der Waals surface area contributed by atoms with E-state index in [0.29, 0.717) is 5.92 Å². The van der Waals surface area contributed by atoms with Crippen LogP contribution in [0, 0.1) is 19.8 Å². The lowest BCUT2D eigenvalue weighted by molar-refractivity contribution is 0.289. The monoisotopic (exact) mass is 192 g/mol. The van der Waals surface area contributed by atoms with Crippen LogP contribution in [0.5, 0.6) is 5.75 Å². The zero-order chi connectivity index (χ0) is 10.6. The fourth-order valence-corrected chi connectivity index (χ4v) is 1.22. The van der Waals surface area contributed by atoms with E-state index < -0.39 is 0 Å². The lowest BCUT2D eigenvalue weighted by atomic mass is 10.1. The third-order valence-electron chi connectivity index (χ3n) is 2.44. The van der Waals surface area contributed by atoms with E-state index in [2.05, 4.69) is 39.8 Å². The summed E-state index contributed by atoms with van der Waals surface area (Å²) in [5.74, 6) is 1.70. The highest BCUT2D eigenvalue weighted by molar-refractivity contribution is 5.33. The normalized spacial score (nSPS) is 10.6. The Hall–Kier alpha value is -0.980. The van der Waals surface area contributed by atoms with Gasteiger partial charge in [-0.05, 0) is 49.4 Å². The average Bonchev–Trinajstić information content (AvgIpc) is 2.10. The molecule has 14 heavy (non-hydrogen) atoms. The molecule has 0 N–H and O–H groups in total. The van der Waals surface area contributed by atoms with E-state index in [0.717, 1.165) is 18.8 Å². The molecule has 1 nitrogen and oxygen atoms in total. The van der Waals surface area contributed by atoms with Gasteiger partial charge in [0.05, 0.1) is 6.61 Å². The van der Waals surface area contributed by atoms with Crippen LogP contribution in [0.25, 0.3) is 0 Å². The first-order valence-corrected chi connectivity index (χ1v) is 5.29. The van der Waals surface area contributed by atoms with E-state index in [1.807, 2.05) is 6.07 Å². The first kappa shape index (κ1) is 11.1. The van der Waals surface area contributed by atoms with Crippen LogP contribution in [0.2, 0.25) is 0 Å². The van der Waals surface area contributed by atoms with E-state index in [9.17, 15) is 0 Å². The van der Waals surface area contributed by atoms with Crippen LogP contribution < -0.4 is 4.74 Å². The Morgan fingerprint density at radius 2 is 1.86 bits per heavy atom. The van der Waals surface area contributed by atoms with Gasteiger partial charge < -0.3 is 4.74 Å². The van der Waals surface area contributed by atoms with E-state index in [-0.39, 0.29) is 0 Å². The molecule has 1 aromatic carbocycles. The molecule has 0 spiro atoms. The highest BCUT2D eigenvalue weighted by atomic mass is 16.5. The van der Waals surface area contributed by atoms with Crippen LogP contribution in [0.4, 0.5) is 0 Å². The van der Waals surface area contributed by atoms with Gasteiger partial charge in [0.1, 0.15) is 5.75 Å². The van der Waals surface area contributed by atoms with E-state index in [4.69, 9.17) is 4.74 Å².